The van der Waals surface area contributed by atoms with Gasteiger partial charge in [-0.15, -0.1) is 0 Å². The van der Waals surface area contributed by atoms with Gasteiger partial charge in [-0.3, -0.25) is 0 Å². The Kier molecular flexibility index (Phi) is 13.2. The van der Waals surface area contributed by atoms with Gasteiger partial charge in [0.1, 0.15) is 5.15 Å². The fourth-order valence-electron chi connectivity index (χ4n) is 2.18. The van der Waals surface area contributed by atoms with E-state index < -0.39 is 17.7 Å². The van der Waals surface area contributed by atoms with Gasteiger partial charge in [0.05, 0.1) is 17.7 Å². The van der Waals surface area contributed by atoms with Crippen molar-refractivity contribution in [3.05, 3.63) is 76.8 Å². The van der Waals surface area contributed by atoms with Crippen molar-refractivity contribution in [1.29, 1.82) is 5.41 Å². The van der Waals surface area contributed by atoms with Gasteiger partial charge in [-0.1, -0.05) is 38.1 Å². The molecular formula is C23H28ClF3N4O2. The number of carbonyl (C=O) groups is 1. The number of anilines is 1. The van der Waals surface area contributed by atoms with E-state index in [0.717, 1.165) is 24.3 Å². The number of carbonyl (C=O) groups excluding carboxylic acids is 1. The van der Waals surface area contributed by atoms with Crippen LogP contribution in [0.25, 0.3) is 5.57 Å². The Morgan fingerprint density at radius 2 is 1.88 bits per heavy atom. The lowest BCUT2D eigenvalue weighted by Gasteiger charge is -2.11. The molecule has 0 radical (unpaired) electrons. The molecule has 0 bridgehead atoms. The van der Waals surface area contributed by atoms with Crippen LogP contribution in [0.5, 0.6) is 0 Å². The highest BCUT2D eigenvalue weighted by Gasteiger charge is 2.30. The zero-order valence-electron chi connectivity index (χ0n) is 17.5. The number of esters is 1. The number of hydrogen-bond acceptors (Lipinski definition) is 6. The highest BCUT2D eigenvalue weighted by atomic mass is 35.5. The van der Waals surface area contributed by atoms with Crippen LogP contribution in [0.3, 0.4) is 0 Å². The van der Waals surface area contributed by atoms with Gasteiger partial charge in [0.2, 0.25) is 0 Å². The number of pyridine rings is 1. The number of nitrogens with one attached hydrogen (secondary N) is 2. The van der Waals surface area contributed by atoms with Crippen LogP contribution in [0.2, 0.25) is 5.15 Å². The van der Waals surface area contributed by atoms with Gasteiger partial charge < -0.3 is 21.2 Å². The number of ether oxygens (including phenoxy) is 1. The average Bonchev–Trinajstić information content (AvgIpc) is 2.74. The molecule has 0 amide bonds. The molecule has 2 aromatic rings. The molecule has 0 fully saturated rings. The van der Waals surface area contributed by atoms with Crippen molar-refractivity contribution < 1.29 is 22.7 Å². The number of halogens is 4. The second-order valence-electron chi connectivity index (χ2n) is 6.13. The molecule has 2 rings (SSSR count). The highest BCUT2D eigenvalue weighted by molar-refractivity contribution is 6.29. The van der Waals surface area contributed by atoms with Gasteiger partial charge in [-0.25, -0.2) is 9.78 Å². The molecule has 33 heavy (non-hydrogen) atoms. The van der Waals surface area contributed by atoms with Gasteiger partial charge in [-0.2, -0.15) is 13.2 Å². The number of allylic oxidation sites excluding steroid dienone is 2. The van der Waals surface area contributed by atoms with Crippen molar-refractivity contribution in [2.24, 2.45) is 5.73 Å². The van der Waals surface area contributed by atoms with Crippen LogP contribution < -0.4 is 11.1 Å². The quantitative estimate of drug-likeness (QED) is 0.185. The van der Waals surface area contributed by atoms with E-state index in [-0.39, 0.29) is 24.8 Å². The molecule has 0 aliphatic heterocycles. The summed E-state index contributed by atoms with van der Waals surface area (Å²) in [6.45, 7) is 3.73. The first-order valence-electron chi connectivity index (χ1n) is 9.50. The van der Waals surface area contributed by atoms with Crippen molar-refractivity contribution in [3.8, 4) is 0 Å². The van der Waals surface area contributed by atoms with Crippen LogP contribution in [-0.4, -0.2) is 23.8 Å². The van der Waals surface area contributed by atoms with Crippen LogP contribution in [0, 0.1) is 5.41 Å². The largest absolute Gasteiger partial charge is 0.462 e. The summed E-state index contributed by atoms with van der Waals surface area (Å²) in [5.74, 6) is -0.657. The van der Waals surface area contributed by atoms with Gasteiger partial charge in [0, 0.05) is 30.0 Å². The Hall–Kier alpha value is -3.33. The Morgan fingerprint density at radius 1 is 1.24 bits per heavy atom. The molecule has 10 heteroatoms. The van der Waals surface area contributed by atoms with Gasteiger partial charge in [0.25, 0.3) is 0 Å². The molecule has 0 spiro atoms. The summed E-state index contributed by atoms with van der Waals surface area (Å²) in [7, 11) is 0. The Labute approximate surface area is 196 Å². The molecule has 6 nitrogen and oxygen atoms in total. The maximum Gasteiger partial charge on any atom is 0.416 e. The maximum absolute atomic E-state index is 12.7. The first kappa shape index (κ1) is 29.7. The number of benzene rings is 1. The maximum atomic E-state index is 12.7. The third-order valence-electron chi connectivity index (χ3n) is 3.83. The van der Waals surface area contributed by atoms with E-state index in [4.69, 9.17) is 27.5 Å². The van der Waals surface area contributed by atoms with E-state index in [9.17, 15) is 18.0 Å². The molecule has 1 heterocycles. The number of nitrogens with zero attached hydrogens (tertiary/aromatic N) is 1. The zero-order valence-corrected chi connectivity index (χ0v) is 18.3. The summed E-state index contributed by atoms with van der Waals surface area (Å²) < 4.78 is 43.0. The van der Waals surface area contributed by atoms with Crippen LogP contribution in [-0.2, 0) is 15.7 Å². The number of aromatic nitrogens is 1. The lowest BCUT2D eigenvalue weighted by Crippen LogP contribution is -2.09. The van der Waals surface area contributed by atoms with Gasteiger partial charge in [0.15, 0.2) is 0 Å². The zero-order chi connectivity index (χ0) is 24.1. The third kappa shape index (κ3) is 10.7. The molecule has 0 aliphatic carbocycles. The van der Waals surface area contributed by atoms with Crippen LogP contribution >= 0.6 is 11.6 Å². The predicted octanol–water partition coefficient (Wildman–Crippen LogP) is 6.29. The summed E-state index contributed by atoms with van der Waals surface area (Å²) >= 11 is 5.78. The van der Waals surface area contributed by atoms with E-state index in [0.29, 0.717) is 11.3 Å². The minimum atomic E-state index is -4.45. The summed E-state index contributed by atoms with van der Waals surface area (Å²) in [6.07, 6.45) is 1.99. The van der Waals surface area contributed by atoms with E-state index in [2.05, 4.69) is 10.3 Å². The van der Waals surface area contributed by atoms with E-state index in [1.807, 2.05) is 6.92 Å². The SMILES string of the molecule is C.CC/C(N)=C\C=N.CCOC(=O)/C(=C\Nc1ccnc(Cl)c1)c1ccc(C(F)(F)F)cc1. The van der Waals surface area contributed by atoms with Crippen LogP contribution in [0.4, 0.5) is 18.9 Å². The van der Waals surface area contributed by atoms with E-state index >= 15 is 0 Å². The molecule has 0 aliphatic rings. The minimum absolute atomic E-state index is 0. The number of rotatable bonds is 7. The fourth-order valence-corrected chi connectivity index (χ4v) is 2.35. The second-order valence-corrected chi connectivity index (χ2v) is 6.51. The molecule has 1 aromatic heterocycles. The third-order valence-corrected chi connectivity index (χ3v) is 4.04. The smallest absolute Gasteiger partial charge is 0.416 e. The van der Waals surface area contributed by atoms with Gasteiger partial charge >= 0.3 is 12.1 Å². The van der Waals surface area contributed by atoms with Crippen LogP contribution in [0.1, 0.15) is 38.8 Å². The molecule has 0 unspecified atom stereocenters. The van der Waals surface area contributed by atoms with Crippen molar-refractivity contribution >= 4 is 35.0 Å². The standard InChI is InChI=1S/C17H14ClF3N2O2.C5H10N2.CH4/c1-2-25-16(24)14(10-23-13-7-8-22-15(18)9-13)11-3-5-12(6-4-11)17(19,20)21;1-2-5(7)3-4-6;/h3-10H,2H2,1H3,(H,22,23);3-4,6H,2,7H2,1H3;1H4/b14-10-;5-3+,6-4?;. The Bertz CT molecular complexity index is 959. The van der Waals surface area contributed by atoms with Crippen molar-refractivity contribution in [2.45, 2.75) is 33.9 Å². The molecule has 0 atom stereocenters. The first-order valence-corrected chi connectivity index (χ1v) is 9.88. The van der Waals surface area contributed by atoms with Crippen molar-refractivity contribution in [3.63, 3.8) is 0 Å². The second kappa shape index (κ2) is 14.7. The fraction of sp³-hybridized carbons (Fsp3) is 0.261. The lowest BCUT2D eigenvalue weighted by molar-refractivity contribution is -0.137. The minimum Gasteiger partial charge on any atom is -0.462 e. The molecular weight excluding hydrogens is 457 g/mol. The number of hydrogen-bond donors (Lipinski definition) is 3. The number of alkyl halides is 3. The predicted molar refractivity (Wildman–Crippen MR) is 127 cm³/mol. The first-order chi connectivity index (χ1) is 15.1. The topological polar surface area (TPSA) is 101 Å². The summed E-state index contributed by atoms with van der Waals surface area (Å²) in [4.78, 5) is 16.0. The monoisotopic (exact) mass is 484 g/mol. The Morgan fingerprint density at radius 3 is 2.33 bits per heavy atom. The molecule has 4 N–H and O–H groups in total. The molecule has 180 valence electrons. The molecule has 0 saturated carbocycles. The lowest BCUT2D eigenvalue weighted by atomic mass is 10.0. The highest BCUT2D eigenvalue weighted by Crippen LogP contribution is 2.30. The molecule has 1 aromatic carbocycles. The van der Waals surface area contributed by atoms with Crippen molar-refractivity contribution in [2.75, 3.05) is 11.9 Å². The van der Waals surface area contributed by atoms with E-state index in [1.54, 1.807) is 19.1 Å². The summed E-state index contributed by atoms with van der Waals surface area (Å²) in [6, 6.07) is 7.41. The number of nitrogens with two attached hydrogens (primary N) is 1. The normalized spacial score (nSPS) is 11.5. The van der Waals surface area contributed by atoms with Crippen molar-refractivity contribution in [1.82, 2.24) is 4.98 Å². The van der Waals surface area contributed by atoms with Gasteiger partial charge in [-0.05, 0) is 49.2 Å². The average molecular weight is 485 g/mol. The summed E-state index contributed by atoms with van der Waals surface area (Å²) in [5, 5.41) is 9.67. The van der Waals surface area contributed by atoms with E-state index in [1.165, 1.54) is 36.8 Å². The Balaban J connectivity index is 0.00000111. The molecule has 0 saturated heterocycles. The van der Waals surface area contributed by atoms with Crippen LogP contribution in [0.15, 0.2) is 60.6 Å². The summed E-state index contributed by atoms with van der Waals surface area (Å²) in [5.41, 5.74) is 6.20.